The van der Waals surface area contributed by atoms with Gasteiger partial charge < -0.3 is 10.4 Å². The normalized spacial score (nSPS) is 13.1. The molecule has 0 atom stereocenters. The molecule has 0 fully saturated rings. The van der Waals surface area contributed by atoms with Crippen LogP contribution in [0.15, 0.2) is 30.3 Å². The van der Waals surface area contributed by atoms with E-state index in [-0.39, 0.29) is 6.00 Å². The quantitative estimate of drug-likeness (QED) is 0.652. The van der Waals surface area contributed by atoms with Crippen molar-refractivity contribution in [1.29, 1.82) is 0 Å². The van der Waals surface area contributed by atoms with Gasteiger partial charge in [0.15, 0.2) is 0 Å². The number of hydrogen-bond acceptors (Lipinski definition) is 2. The molecular formula is C14H13ClN2O2. The Morgan fingerprint density at radius 3 is 2.79 bits per heavy atom. The molecule has 1 amide bonds. The molecule has 0 aliphatic carbocycles. The zero-order valence-corrected chi connectivity index (χ0v) is 10.9. The maximum Gasteiger partial charge on any atom is 0.412 e. The molecule has 1 aliphatic rings. The number of carboxylic acid groups (broad SMARTS) is 1. The number of rotatable bonds is 2. The molecule has 2 aromatic carbocycles. The summed E-state index contributed by atoms with van der Waals surface area (Å²) in [5.74, 6) is 0. The Hall–Kier alpha value is -1.94. The summed E-state index contributed by atoms with van der Waals surface area (Å²) >= 11 is 5.77. The molecule has 0 aromatic heterocycles. The van der Waals surface area contributed by atoms with Crippen molar-refractivity contribution in [2.45, 2.75) is 6.42 Å². The predicted octanol–water partition coefficient (Wildman–Crippen LogP) is 3.49. The van der Waals surface area contributed by atoms with E-state index >= 15 is 0 Å². The van der Waals surface area contributed by atoms with Crippen LogP contribution in [0, 0.1) is 0 Å². The zero-order valence-electron chi connectivity index (χ0n) is 10.2. The molecule has 19 heavy (non-hydrogen) atoms. The minimum Gasteiger partial charge on any atom is -0.465 e. The maximum atomic E-state index is 11.3. The Balaban J connectivity index is 2.30. The summed E-state index contributed by atoms with van der Waals surface area (Å²) in [6.45, 7) is 0.886. The van der Waals surface area contributed by atoms with Gasteiger partial charge in [0, 0.05) is 17.6 Å². The van der Waals surface area contributed by atoms with Crippen molar-refractivity contribution in [2.75, 3.05) is 22.8 Å². The van der Waals surface area contributed by atoms with Crippen molar-refractivity contribution in [3.05, 3.63) is 35.9 Å². The van der Waals surface area contributed by atoms with Gasteiger partial charge in [0.05, 0.1) is 5.69 Å². The first kappa shape index (κ1) is 12.1. The van der Waals surface area contributed by atoms with Crippen LogP contribution in [-0.4, -0.2) is 23.7 Å². The standard InChI is InChI=1S/C14H13ClN2O2/c15-8-17(14(18)19)13-7-12-10(5-6-16-12)9-3-1-2-4-11(9)13/h1-4,7,16H,5-6,8H2,(H,18,19). The lowest BCUT2D eigenvalue weighted by molar-refractivity contribution is 0.203. The van der Waals surface area contributed by atoms with Crippen LogP contribution in [-0.2, 0) is 6.42 Å². The Kier molecular flexibility index (Phi) is 2.95. The predicted molar refractivity (Wildman–Crippen MR) is 77.4 cm³/mol. The molecule has 0 saturated heterocycles. The Labute approximate surface area is 115 Å². The van der Waals surface area contributed by atoms with Gasteiger partial charge in [-0.15, -0.1) is 11.6 Å². The molecular weight excluding hydrogens is 264 g/mol. The van der Waals surface area contributed by atoms with E-state index in [4.69, 9.17) is 11.6 Å². The summed E-state index contributed by atoms with van der Waals surface area (Å²) in [5, 5.41) is 14.6. The molecule has 1 heterocycles. The second kappa shape index (κ2) is 4.63. The van der Waals surface area contributed by atoms with Crippen LogP contribution < -0.4 is 10.2 Å². The Bertz CT molecular complexity index is 657. The molecule has 0 saturated carbocycles. The molecule has 4 nitrogen and oxygen atoms in total. The van der Waals surface area contributed by atoms with Gasteiger partial charge in [-0.1, -0.05) is 24.3 Å². The van der Waals surface area contributed by atoms with E-state index < -0.39 is 6.09 Å². The second-order valence-corrected chi connectivity index (χ2v) is 4.71. The van der Waals surface area contributed by atoms with Crippen molar-refractivity contribution in [3.8, 4) is 0 Å². The minimum atomic E-state index is -1.04. The van der Waals surface area contributed by atoms with E-state index in [0.29, 0.717) is 5.69 Å². The van der Waals surface area contributed by atoms with Gasteiger partial charge in [0.1, 0.15) is 6.00 Å². The van der Waals surface area contributed by atoms with E-state index in [1.165, 1.54) is 5.56 Å². The highest BCUT2D eigenvalue weighted by Crippen LogP contribution is 2.37. The number of hydrogen-bond donors (Lipinski definition) is 2. The molecule has 0 unspecified atom stereocenters. The minimum absolute atomic E-state index is 0.0852. The van der Waals surface area contributed by atoms with E-state index in [0.717, 1.165) is 34.3 Å². The largest absolute Gasteiger partial charge is 0.465 e. The SMILES string of the molecule is O=C(O)N(CCl)c1cc2c(c3ccccc13)CCN2. The first-order valence-electron chi connectivity index (χ1n) is 6.07. The van der Waals surface area contributed by atoms with Crippen molar-refractivity contribution in [1.82, 2.24) is 0 Å². The van der Waals surface area contributed by atoms with Gasteiger partial charge in [0.25, 0.3) is 0 Å². The summed E-state index contributed by atoms with van der Waals surface area (Å²) in [4.78, 5) is 12.5. The third-order valence-electron chi connectivity index (χ3n) is 3.47. The number of halogens is 1. The number of benzene rings is 2. The molecule has 1 aliphatic heterocycles. The van der Waals surface area contributed by atoms with Crippen LogP contribution in [0.3, 0.4) is 0 Å². The highest BCUT2D eigenvalue weighted by molar-refractivity contribution is 6.22. The Morgan fingerprint density at radius 2 is 2.11 bits per heavy atom. The van der Waals surface area contributed by atoms with Crippen molar-refractivity contribution in [3.63, 3.8) is 0 Å². The molecule has 0 spiro atoms. The van der Waals surface area contributed by atoms with Crippen molar-refractivity contribution < 1.29 is 9.90 Å². The van der Waals surface area contributed by atoms with Gasteiger partial charge in [-0.3, -0.25) is 4.90 Å². The summed E-state index contributed by atoms with van der Waals surface area (Å²) in [7, 11) is 0. The van der Waals surface area contributed by atoms with Gasteiger partial charge in [-0.2, -0.15) is 0 Å². The first-order valence-corrected chi connectivity index (χ1v) is 6.60. The van der Waals surface area contributed by atoms with Gasteiger partial charge in [-0.25, -0.2) is 4.79 Å². The zero-order chi connectivity index (χ0) is 13.4. The number of carbonyl (C=O) groups is 1. The topological polar surface area (TPSA) is 52.6 Å². The molecule has 5 heteroatoms. The van der Waals surface area contributed by atoms with Crippen LogP contribution in [0.25, 0.3) is 10.8 Å². The average molecular weight is 277 g/mol. The first-order chi connectivity index (χ1) is 9.22. The fourth-order valence-electron chi connectivity index (χ4n) is 2.61. The van der Waals surface area contributed by atoms with E-state index in [1.807, 2.05) is 30.3 Å². The van der Waals surface area contributed by atoms with Crippen LogP contribution >= 0.6 is 11.6 Å². The summed E-state index contributed by atoms with van der Waals surface area (Å²) < 4.78 is 0. The molecule has 0 bridgehead atoms. The van der Waals surface area contributed by atoms with Crippen LogP contribution in [0.1, 0.15) is 5.56 Å². The lowest BCUT2D eigenvalue weighted by Gasteiger charge is -2.20. The summed E-state index contributed by atoms with van der Waals surface area (Å²) in [5.41, 5.74) is 2.88. The molecule has 2 N–H and O–H groups in total. The number of anilines is 2. The number of amides is 1. The van der Waals surface area contributed by atoms with E-state index in [1.54, 1.807) is 0 Å². The molecule has 3 rings (SSSR count). The van der Waals surface area contributed by atoms with Crippen molar-refractivity contribution >= 4 is 39.8 Å². The molecule has 2 aromatic rings. The van der Waals surface area contributed by atoms with Gasteiger partial charge >= 0.3 is 6.09 Å². The third-order valence-corrected chi connectivity index (χ3v) is 3.71. The third kappa shape index (κ3) is 1.88. The smallest absolute Gasteiger partial charge is 0.412 e. The number of alkyl halides is 1. The lowest BCUT2D eigenvalue weighted by atomic mass is 10.0. The molecule has 98 valence electrons. The number of nitrogens with one attached hydrogen (secondary N) is 1. The monoisotopic (exact) mass is 276 g/mol. The van der Waals surface area contributed by atoms with Crippen LogP contribution in [0.2, 0.25) is 0 Å². The fourth-order valence-corrected chi connectivity index (χ4v) is 2.84. The van der Waals surface area contributed by atoms with E-state index in [2.05, 4.69) is 5.32 Å². The number of fused-ring (bicyclic) bond motifs is 3. The second-order valence-electron chi connectivity index (χ2n) is 4.47. The Morgan fingerprint density at radius 1 is 1.37 bits per heavy atom. The van der Waals surface area contributed by atoms with Gasteiger partial charge in [-0.05, 0) is 23.4 Å². The molecule has 0 radical (unpaired) electrons. The summed E-state index contributed by atoms with van der Waals surface area (Å²) in [6, 6.07) is 9.63. The highest BCUT2D eigenvalue weighted by Gasteiger charge is 2.21. The van der Waals surface area contributed by atoms with Crippen molar-refractivity contribution in [2.24, 2.45) is 0 Å². The highest BCUT2D eigenvalue weighted by atomic mass is 35.5. The van der Waals surface area contributed by atoms with Crippen LogP contribution in [0.5, 0.6) is 0 Å². The fraction of sp³-hybridized carbons (Fsp3) is 0.214. The van der Waals surface area contributed by atoms with E-state index in [9.17, 15) is 9.90 Å². The van der Waals surface area contributed by atoms with Crippen LogP contribution in [0.4, 0.5) is 16.2 Å². The lowest BCUT2D eigenvalue weighted by Crippen LogP contribution is -2.27. The average Bonchev–Trinajstić information content (AvgIpc) is 2.87. The summed E-state index contributed by atoms with van der Waals surface area (Å²) in [6.07, 6.45) is -0.0811. The maximum absolute atomic E-state index is 11.3. The number of nitrogens with zero attached hydrogens (tertiary/aromatic N) is 1. The van der Waals surface area contributed by atoms with Gasteiger partial charge in [0.2, 0.25) is 0 Å².